The van der Waals surface area contributed by atoms with Crippen LogP contribution in [-0.4, -0.2) is 13.1 Å². The molecule has 0 aliphatic heterocycles. The molecular weight excluding hydrogens is 136 g/mol. The van der Waals surface area contributed by atoms with Crippen molar-refractivity contribution in [3.05, 3.63) is 23.8 Å². The third kappa shape index (κ3) is 1.70. The van der Waals surface area contributed by atoms with E-state index in [2.05, 4.69) is 25.2 Å². The summed E-state index contributed by atoms with van der Waals surface area (Å²) in [6.07, 6.45) is 6.31. The molecule has 0 aromatic heterocycles. The van der Waals surface area contributed by atoms with Crippen molar-refractivity contribution < 1.29 is 0 Å². The van der Waals surface area contributed by atoms with Crippen LogP contribution in [0.25, 0.3) is 0 Å². The van der Waals surface area contributed by atoms with Crippen LogP contribution in [0.2, 0.25) is 0 Å². The fourth-order valence-electron chi connectivity index (χ4n) is 1.45. The molecule has 2 nitrogen and oxygen atoms in total. The second-order valence-corrected chi connectivity index (χ2v) is 3.02. The van der Waals surface area contributed by atoms with Crippen LogP contribution in [0.15, 0.2) is 23.8 Å². The molecule has 0 saturated carbocycles. The Labute approximate surface area is 68.0 Å². The Bertz CT molecular complexity index is 182. The van der Waals surface area contributed by atoms with Crippen LogP contribution in [0.4, 0.5) is 0 Å². The molecule has 2 atom stereocenters. The lowest BCUT2D eigenvalue weighted by Crippen LogP contribution is -2.25. The molecule has 2 unspecified atom stereocenters. The largest absolute Gasteiger partial charge is 0.330 e. The van der Waals surface area contributed by atoms with Crippen molar-refractivity contribution in [1.29, 1.82) is 0 Å². The average molecular weight is 152 g/mol. The van der Waals surface area contributed by atoms with Crippen molar-refractivity contribution in [3.63, 3.8) is 0 Å². The van der Waals surface area contributed by atoms with Crippen LogP contribution in [-0.2, 0) is 0 Å². The van der Waals surface area contributed by atoms with Gasteiger partial charge in [0.2, 0.25) is 0 Å². The van der Waals surface area contributed by atoms with Crippen LogP contribution in [0.3, 0.4) is 0 Å². The van der Waals surface area contributed by atoms with Gasteiger partial charge in [0.15, 0.2) is 0 Å². The Balaban J connectivity index is 2.68. The molecule has 0 fully saturated rings. The van der Waals surface area contributed by atoms with E-state index in [1.165, 1.54) is 5.57 Å². The molecule has 2 heteroatoms. The van der Waals surface area contributed by atoms with Crippen LogP contribution >= 0.6 is 0 Å². The van der Waals surface area contributed by atoms with Crippen molar-refractivity contribution in [2.45, 2.75) is 6.92 Å². The minimum absolute atomic E-state index is 0.485. The fourth-order valence-corrected chi connectivity index (χ4v) is 1.45. The van der Waals surface area contributed by atoms with Gasteiger partial charge in [0, 0.05) is 6.54 Å². The summed E-state index contributed by atoms with van der Waals surface area (Å²) in [4.78, 5) is 0. The average Bonchev–Trinajstić information content (AvgIpc) is 2.05. The Morgan fingerprint density at radius 3 is 2.73 bits per heavy atom. The molecule has 0 aromatic rings. The summed E-state index contributed by atoms with van der Waals surface area (Å²) in [6, 6.07) is 0. The van der Waals surface area contributed by atoms with Gasteiger partial charge in [-0.2, -0.15) is 0 Å². The van der Waals surface area contributed by atoms with Crippen molar-refractivity contribution in [1.82, 2.24) is 0 Å². The highest BCUT2D eigenvalue weighted by Gasteiger charge is 2.17. The van der Waals surface area contributed by atoms with Crippen LogP contribution in [0, 0.1) is 11.8 Å². The third-order valence-corrected chi connectivity index (χ3v) is 2.40. The fraction of sp³-hybridized carbons (Fsp3) is 0.556. The Morgan fingerprint density at radius 2 is 2.18 bits per heavy atom. The van der Waals surface area contributed by atoms with Gasteiger partial charge in [0.1, 0.15) is 0 Å². The minimum Gasteiger partial charge on any atom is -0.330 e. The molecule has 0 bridgehead atoms. The molecule has 0 heterocycles. The molecular formula is C9H16N2. The van der Waals surface area contributed by atoms with E-state index in [0.29, 0.717) is 18.4 Å². The SMILES string of the molecule is CC1C(CN)=CC=CC1CN. The molecule has 0 spiro atoms. The Hall–Kier alpha value is -0.600. The highest BCUT2D eigenvalue weighted by atomic mass is 14.6. The Morgan fingerprint density at radius 1 is 1.45 bits per heavy atom. The number of rotatable bonds is 2. The van der Waals surface area contributed by atoms with Crippen LogP contribution < -0.4 is 11.5 Å². The lowest BCUT2D eigenvalue weighted by molar-refractivity contribution is 0.486. The summed E-state index contributed by atoms with van der Waals surface area (Å²) >= 11 is 0. The first-order chi connectivity index (χ1) is 5.29. The summed E-state index contributed by atoms with van der Waals surface area (Å²) in [5.74, 6) is 1.01. The van der Waals surface area contributed by atoms with Gasteiger partial charge in [-0.25, -0.2) is 0 Å². The second kappa shape index (κ2) is 3.69. The predicted octanol–water partition coefficient (Wildman–Crippen LogP) is 0.652. The van der Waals surface area contributed by atoms with Gasteiger partial charge in [-0.15, -0.1) is 0 Å². The zero-order valence-electron chi connectivity index (χ0n) is 6.96. The summed E-state index contributed by atoms with van der Waals surface area (Å²) in [5, 5.41) is 0. The molecule has 0 saturated heterocycles. The maximum Gasteiger partial charge on any atom is 0.0142 e. The first-order valence-electron chi connectivity index (χ1n) is 4.07. The molecule has 4 N–H and O–H groups in total. The van der Waals surface area contributed by atoms with Crippen molar-refractivity contribution in [2.75, 3.05) is 13.1 Å². The van der Waals surface area contributed by atoms with E-state index in [9.17, 15) is 0 Å². The van der Waals surface area contributed by atoms with E-state index in [0.717, 1.165) is 6.54 Å². The topological polar surface area (TPSA) is 52.0 Å². The maximum absolute atomic E-state index is 5.59. The van der Waals surface area contributed by atoms with Gasteiger partial charge in [0.05, 0.1) is 0 Å². The van der Waals surface area contributed by atoms with E-state index in [-0.39, 0.29) is 0 Å². The zero-order valence-corrected chi connectivity index (χ0v) is 6.96. The van der Waals surface area contributed by atoms with E-state index in [1.54, 1.807) is 0 Å². The molecule has 62 valence electrons. The molecule has 0 aromatic carbocycles. The van der Waals surface area contributed by atoms with Gasteiger partial charge in [-0.05, 0) is 18.4 Å². The summed E-state index contributed by atoms with van der Waals surface area (Å²) in [7, 11) is 0. The van der Waals surface area contributed by atoms with E-state index < -0.39 is 0 Å². The van der Waals surface area contributed by atoms with Crippen molar-refractivity contribution in [3.8, 4) is 0 Å². The standard InChI is InChI=1S/C9H16N2/c1-7-8(5-10)3-2-4-9(7)6-11/h2-4,7-8H,5-6,10-11H2,1H3. The van der Waals surface area contributed by atoms with E-state index >= 15 is 0 Å². The number of allylic oxidation sites excluding steroid dienone is 2. The van der Waals surface area contributed by atoms with Gasteiger partial charge >= 0.3 is 0 Å². The molecule has 1 rings (SSSR count). The Kier molecular flexibility index (Phi) is 2.85. The quantitative estimate of drug-likeness (QED) is 0.610. The van der Waals surface area contributed by atoms with Crippen molar-refractivity contribution >= 4 is 0 Å². The lowest BCUT2D eigenvalue weighted by Gasteiger charge is -2.24. The minimum atomic E-state index is 0.485. The van der Waals surface area contributed by atoms with Gasteiger partial charge in [-0.3, -0.25) is 0 Å². The second-order valence-electron chi connectivity index (χ2n) is 3.02. The smallest absolute Gasteiger partial charge is 0.0142 e. The number of hydrogen-bond donors (Lipinski definition) is 2. The van der Waals surface area contributed by atoms with Crippen LogP contribution in [0.1, 0.15) is 6.92 Å². The lowest BCUT2D eigenvalue weighted by atomic mass is 9.84. The normalized spacial score (nSPS) is 30.3. The number of nitrogens with two attached hydrogens (primary N) is 2. The molecule has 1 aliphatic carbocycles. The summed E-state index contributed by atoms with van der Waals surface area (Å²) in [5.41, 5.74) is 12.5. The summed E-state index contributed by atoms with van der Waals surface area (Å²) in [6.45, 7) is 3.55. The predicted molar refractivity (Wildman–Crippen MR) is 48.0 cm³/mol. The highest BCUT2D eigenvalue weighted by molar-refractivity contribution is 5.23. The molecule has 0 radical (unpaired) electrons. The number of hydrogen-bond acceptors (Lipinski definition) is 2. The van der Waals surface area contributed by atoms with Crippen molar-refractivity contribution in [2.24, 2.45) is 23.3 Å². The van der Waals surface area contributed by atoms with E-state index in [4.69, 9.17) is 11.5 Å². The van der Waals surface area contributed by atoms with Crippen LogP contribution in [0.5, 0.6) is 0 Å². The molecule has 11 heavy (non-hydrogen) atoms. The summed E-state index contributed by atoms with van der Waals surface area (Å²) < 4.78 is 0. The van der Waals surface area contributed by atoms with Gasteiger partial charge < -0.3 is 11.5 Å². The van der Waals surface area contributed by atoms with Gasteiger partial charge in [-0.1, -0.05) is 30.7 Å². The molecule has 1 aliphatic rings. The maximum atomic E-state index is 5.59. The zero-order chi connectivity index (χ0) is 8.27. The molecule has 0 amide bonds. The monoisotopic (exact) mass is 152 g/mol. The third-order valence-electron chi connectivity index (χ3n) is 2.40. The highest BCUT2D eigenvalue weighted by Crippen LogP contribution is 2.23. The van der Waals surface area contributed by atoms with E-state index in [1.807, 2.05) is 0 Å². The van der Waals surface area contributed by atoms with Gasteiger partial charge in [0.25, 0.3) is 0 Å². The first-order valence-corrected chi connectivity index (χ1v) is 4.07. The first kappa shape index (κ1) is 8.50.